The number of sulfonamides is 1. The molecule has 0 bridgehead atoms. The van der Waals surface area contributed by atoms with Crippen LogP contribution >= 0.6 is 0 Å². The molecule has 6 nitrogen and oxygen atoms in total. The molecule has 0 atom stereocenters. The number of nitrogens with one attached hydrogen (secondary N) is 1. The minimum atomic E-state index is -4.36. The van der Waals surface area contributed by atoms with Crippen LogP contribution in [0.3, 0.4) is 0 Å². The first kappa shape index (κ1) is 19.9. The molecule has 0 aliphatic carbocycles. The summed E-state index contributed by atoms with van der Waals surface area (Å²) in [6.07, 6.45) is 1.51. The van der Waals surface area contributed by atoms with Crippen LogP contribution in [-0.4, -0.2) is 27.1 Å². The van der Waals surface area contributed by atoms with Crippen LogP contribution in [0.2, 0.25) is 0 Å². The third-order valence-electron chi connectivity index (χ3n) is 3.85. The van der Waals surface area contributed by atoms with Crippen LogP contribution in [0.15, 0.2) is 52.0 Å². The largest absolute Gasteiger partial charge is 0.497 e. The first-order valence-electron chi connectivity index (χ1n) is 8.04. The molecule has 1 N–H and O–H groups in total. The first-order chi connectivity index (χ1) is 13.3. The maximum atomic E-state index is 13.7. The van der Waals surface area contributed by atoms with E-state index in [1.54, 1.807) is 31.4 Å². The van der Waals surface area contributed by atoms with E-state index in [1.165, 1.54) is 6.26 Å². The van der Waals surface area contributed by atoms with Crippen LogP contribution in [-0.2, 0) is 16.4 Å². The third kappa shape index (κ3) is 4.18. The van der Waals surface area contributed by atoms with E-state index in [-0.39, 0.29) is 13.0 Å². The summed E-state index contributed by atoms with van der Waals surface area (Å²) in [6, 6.07) is 8.19. The SMILES string of the molecule is COc1ccc(-c2nc(CCNS(=O)(=O)c3ccc(F)c(F)c3F)co2)cc1. The fraction of sp³-hybridized carbons (Fsp3) is 0.167. The molecule has 0 saturated heterocycles. The van der Waals surface area contributed by atoms with Crippen molar-refractivity contribution in [2.45, 2.75) is 11.3 Å². The molecule has 0 aliphatic heterocycles. The molecule has 0 spiro atoms. The number of aromatic nitrogens is 1. The standard InChI is InChI=1S/C18H15F3N2O4S/c1-26-13-4-2-11(3-5-13)18-23-12(10-27-18)8-9-22-28(24,25)15-7-6-14(19)16(20)17(15)21/h2-7,10,22H,8-9H2,1H3. The van der Waals surface area contributed by atoms with Crippen molar-refractivity contribution in [3.63, 3.8) is 0 Å². The number of ether oxygens (including phenoxy) is 1. The van der Waals surface area contributed by atoms with Crippen LogP contribution < -0.4 is 9.46 Å². The summed E-state index contributed by atoms with van der Waals surface area (Å²) < 4.78 is 76.6. The fourth-order valence-electron chi connectivity index (χ4n) is 2.39. The normalized spacial score (nSPS) is 11.6. The minimum absolute atomic E-state index is 0.143. The predicted octanol–water partition coefficient (Wildman–Crippen LogP) is 3.29. The van der Waals surface area contributed by atoms with Gasteiger partial charge in [-0.05, 0) is 36.4 Å². The van der Waals surface area contributed by atoms with Crippen molar-refractivity contribution >= 4 is 10.0 Å². The van der Waals surface area contributed by atoms with Crippen molar-refractivity contribution in [1.29, 1.82) is 0 Å². The Labute approximate surface area is 159 Å². The molecule has 2 aromatic carbocycles. The molecule has 0 aliphatic rings. The Morgan fingerprint density at radius 3 is 2.46 bits per heavy atom. The highest BCUT2D eigenvalue weighted by Crippen LogP contribution is 2.22. The summed E-state index contributed by atoms with van der Waals surface area (Å²) in [5.74, 6) is -4.06. The van der Waals surface area contributed by atoms with Crippen molar-refractivity contribution in [2.24, 2.45) is 0 Å². The van der Waals surface area contributed by atoms with Crippen molar-refractivity contribution in [2.75, 3.05) is 13.7 Å². The lowest BCUT2D eigenvalue weighted by Gasteiger charge is -2.07. The van der Waals surface area contributed by atoms with Gasteiger partial charge in [0.25, 0.3) is 0 Å². The van der Waals surface area contributed by atoms with E-state index < -0.39 is 32.4 Å². The maximum absolute atomic E-state index is 13.7. The molecular weight excluding hydrogens is 397 g/mol. The van der Waals surface area contributed by atoms with Gasteiger partial charge in [-0.15, -0.1) is 0 Å². The molecule has 0 radical (unpaired) electrons. The number of methoxy groups -OCH3 is 1. The van der Waals surface area contributed by atoms with Crippen molar-refractivity contribution in [1.82, 2.24) is 9.71 Å². The van der Waals surface area contributed by atoms with Crippen LogP contribution in [0, 0.1) is 17.5 Å². The minimum Gasteiger partial charge on any atom is -0.497 e. The highest BCUT2D eigenvalue weighted by molar-refractivity contribution is 7.89. The van der Waals surface area contributed by atoms with E-state index in [4.69, 9.17) is 9.15 Å². The molecular formula is C18H15F3N2O4S. The van der Waals surface area contributed by atoms with E-state index in [2.05, 4.69) is 9.71 Å². The number of hydrogen-bond acceptors (Lipinski definition) is 5. The molecule has 0 unspecified atom stereocenters. The second-order valence-corrected chi connectivity index (χ2v) is 7.43. The Balaban J connectivity index is 1.65. The van der Waals surface area contributed by atoms with Gasteiger partial charge in [-0.2, -0.15) is 0 Å². The van der Waals surface area contributed by atoms with Crippen LogP contribution in [0.1, 0.15) is 5.69 Å². The topological polar surface area (TPSA) is 81.4 Å². The predicted molar refractivity (Wildman–Crippen MR) is 93.7 cm³/mol. The summed E-state index contributed by atoms with van der Waals surface area (Å²) in [5.41, 5.74) is 1.16. The van der Waals surface area contributed by atoms with Crippen LogP contribution in [0.4, 0.5) is 13.2 Å². The average Bonchev–Trinajstić information content (AvgIpc) is 3.14. The molecule has 1 aromatic heterocycles. The number of rotatable bonds is 7. The third-order valence-corrected chi connectivity index (χ3v) is 5.33. The van der Waals surface area contributed by atoms with Gasteiger partial charge in [0.15, 0.2) is 17.5 Å². The lowest BCUT2D eigenvalue weighted by molar-refractivity contribution is 0.415. The monoisotopic (exact) mass is 412 g/mol. The second-order valence-electron chi connectivity index (χ2n) is 5.69. The molecule has 0 fully saturated rings. The zero-order valence-electron chi connectivity index (χ0n) is 14.6. The quantitative estimate of drug-likeness (QED) is 0.603. The molecule has 3 rings (SSSR count). The summed E-state index contributed by atoms with van der Waals surface area (Å²) in [7, 11) is -2.81. The molecule has 0 saturated carbocycles. The van der Waals surface area contributed by atoms with E-state index in [1.807, 2.05) is 0 Å². The highest BCUT2D eigenvalue weighted by atomic mass is 32.2. The summed E-state index contributed by atoms with van der Waals surface area (Å²) in [6.45, 7) is -0.143. The van der Waals surface area contributed by atoms with E-state index in [0.717, 1.165) is 0 Å². The van der Waals surface area contributed by atoms with Gasteiger partial charge in [0.2, 0.25) is 15.9 Å². The van der Waals surface area contributed by atoms with Gasteiger partial charge in [-0.3, -0.25) is 0 Å². The molecule has 10 heteroatoms. The Hall–Kier alpha value is -2.85. The average molecular weight is 412 g/mol. The summed E-state index contributed by atoms with van der Waals surface area (Å²) in [4.78, 5) is 3.28. The number of benzene rings is 2. The zero-order chi connectivity index (χ0) is 20.3. The maximum Gasteiger partial charge on any atom is 0.243 e. The highest BCUT2D eigenvalue weighted by Gasteiger charge is 2.23. The summed E-state index contributed by atoms with van der Waals surface area (Å²) >= 11 is 0. The van der Waals surface area contributed by atoms with E-state index >= 15 is 0 Å². The molecule has 0 amide bonds. The lowest BCUT2D eigenvalue weighted by Crippen LogP contribution is -2.27. The Bertz CT molecular complexity index is 1080. The fourth-order valence-corrected chi connectivity index (χ4v) is 3.49. The number of hydrogen-bond donors (Lipinski definition) is 1. The van der Waals surface area contributed by atoms with E-state index in [0.29, 0.717) is 35.0 Å². The van der Waals surface area contributed by atoms with Gasteiger partial charge in [-0.1, -0.05) is 0 Å². The molecule has 148 valence electrons. The molecule has 28 heavy (non-hydrogen) atoms. The smallest absolute Gasteiger partial charge is 0.243 e. The molecule has 3 aromatic rings. The zero-order valence-corrected chi connectivity index (χ0v) is 15.4. The lowest BCUT2D eigenvalue weighted by atomic mass is 10.2. The van der Waals surface area contributed by atoms with Crippen LogP contribution in [0.5, 0.6) is 5.75 Å². The van der Waals surface area contributed by atoms with Crippen molar-refractivity contribution < 1.29 is 30.7 Å². The van der Waals surface area contributed by atoms with Crippen molar-refractivity contribution in [3.05, 3.63) is 65.8 Å². The van der Waals surface area contributed by atoms with Gasteiger partial charge in [-0.25, -0.2) is 31.3 Å². The van der Waals surface area contributed by atoms with Gasteiger partial charge in [0.05, 0.1) is 12.8 Å². The Morgan fingerprint density at radius 2 is 1.79 bits per heavy atom. The Morgan fingerprint density at radius 1 is 1.07 bits per heavy atom. The number of nitrogens with zero attached hydrogens (tertiary/aromatic N) is 1. The van der Waals surface area contributed by atoms with Gasteiger partial charge in [0.1, 0.15) is 16.9 Å². The van der Waals surface area contributed by atoms with Crippen molar-refractivity contribution in [3.8, 4) is 17.2 Å². The summed E-state index contributed by atoms with van der Waals surface area (Å²) in [5, 5.41) is 0. The van der Waals surface area contributed by atoms with E-state index in [9.17, 15) is 21.6 Å². The van der Waals surface area contributed by atoms with Gasteiger partial charge in [0, 0.05) is 18.5 Å². The second kappa shape index (κ2) is 8.03. The van der Waals surface area contributed by atoms with Gasteiger partial charge >= 0.3 is 0 Å². The Kier molecular flexibility index (Phi) is 5.71. The van der Waals surface area contributed by atoms with Crippen LogP contribution in [0.25, 0.3) is 11.5 Å². The number of halogens is 3. The first-order valence-corrected chi connectivity index (χ1v) is 9.52. The van der Waals surface area contributed by atoms with Gasteiger partial charge < -0.3 is 9.15 Å². The number of oxazole rings is 1. The molecule has 1 heterocycles.